The van der Waals surface area contributed by atoms with Gasteiger partial charge in [0.15, 0.2) is 0 Å². The third kappa shape index (κ3) is 3.52. The lowest BCUT2D eigenvalue weighted by Gasteiger charge is -2.00. The van der Waals surface area contributed by atoms with Crippen LogP contribution in [-0.4, -0.2) is 18.8 Å². The molecule has 0 atom stereocenters. The van der Waals surface area contributed by atoms with Crippen LogP contribution < -0.4 is 0 Å². The number of thiocyanates is 1. The van der Waals surface area contributed by atoms with Crippen LogP contribution in [0.4, 0.5) is 0 Å². The number of nitriles is 1. The van der Waals surface area contributed by atoms with Crippen LogP contribution >= 0.6 is 11.8 Å². The molecule has 0 radical (unpaired) electrons. The van der Waals surface area contributed by atoms with E-state index in [0.29, 0.717) is 11.3 Å². The molecule has 1 heterocycles. The number of carbonyl (C=O) groups excluding carboxylic acids is 1. The van der Waals surface area contributed by atoms with Crippen LogP contribution in [0.3, 0.4) is 0 Å². The number of thioether (sulfide) groups is 1. The van der Waals surface area contributed by atoms with Gasteiger partial charge in [-0.1, -0.05) is 0 Å². The molecular weight excluding hydrogens is 214 g/mol. The summed E-state index contributed by atoms with van der Waals surface area (Å²) >= 11 is 0.977. The van der Waals surface area contributed by atoms with E-state index in [9.17, 15) is 4.79 Å². The summed E-state index contributed by atoms with van der Waals surface area (Å²) < 4.78 is 9.65. The molecule has 0 aliphatic heterocycles. The SMILES string of the molecule is COC(=O)/C(=C/c1ccco1)CSC#N. The van der Waals surface area contributed by atoms with E-state index in [-0.39, 0.29) is 5.75 Å². The van der Waals surface area contributed by atoms with Crippen LogP contribution in [0.5, 0.6) is 0 Å². The number of hydrogen-bond donors (Lipinski definition) is 0. The highest BCUT2D eigenvalue weighted by molar-refractivity contribution is 8.03. The topological polar surface area (TPSA) is 63.2 Å². The van der Waals surface area contributed by atoms with Gasteiger partial charge in [-0.05, 0) is 30.0 Å². The summed E-state index contributed by atoms with van der Waals surface area (Å²) in [6.07, 6.45) is 3.08. The molecule has 4 nitrogen and oxygen atoms in total. The largest absolute Gasteiger partial charge is 0.466 e. The van der Waals surface area contributed by atoms with E-state index in [1.54, 1.807) is 18.2 Å². The molecule has 0 unspecified atom stereocenters. The van der Waals surface area contributed by atoms with Crippen LogP contribution in [0.15, 0.2) is 28.4 Å². The fourth-order valence-electron chi connectivity index (χ4n) is 0.946. The summed E-state index contributed by atoms with van der Waals surface area (Å²) in [6.45, 7) is 0. The molecule has 1 aromatic heterocycles. The minimum atomic E-state index is -0.450. The maximum atomic E-state index is 11.3. The van der Waals surface area contributed by atoms with Gasteiger partial charge in [0.25, 0.3) is 0 Å². The van der Waals surface area contributed by atoms with Crippen molar-refractivity contribution >= 4 is 23.8 Å². The van der Waals surface area contributed by atoms with Crippen LogP contribution in [0, 0.1) is 10.7 Å². The molecule has 0 saturated carbocycles. The highest BCUT2D eigenvalue weighted by atomic mass is 32.2. The van der Waals surface area contributed by atoms with Crippen molar-refractivity contribution in [1.29, 1.82) is 5.26 Å². The van der Waals surface area contributed by atoms with E-state index >= 15 is 0 Å². The fourth-order valence-corrected chi connectivity index (χ4v) is 1.37. The Balaban J connectivity index is 2.81. The number of hydrogen-bond acceptors (Lipinski definition) is 5. The second-order valence-corrected chi connectivity index (χ2v) is 3.32. The van der Waals surface area contributed by atoms with E-state index in [1.807, 2.05) is 5.40 Å². The first-order valence-electron chi connectivity index (χ1n) is 4.11. The molecule has 0 aromatic carbocycles. The van der Waals surface area contributed by atoms with Crippen molar-refractivity contribution in [2.45, 2.75) is 0 Å². The Hall–Kier alpha value is -1.67. The van der Waals surface area contributed by atoms with Crippen molar-refractivity contribution in [3.63, 3.8) is 0 Å². The van der Waals surface area contributed by atoms with E-state index < -0.39 is 5.97 Å². The van der Waals surface area contributed by atoms with Gasteiger partial charge in [-0.25, -0.2) is 4.79 Å². The van der Waals surface area contributed by atoms with Crippen molar-refractivity contribution in [1.82, 2.24) is 0 Å². The van der Waals surface area contributed by atoms with Crippen molar-refractivity contribution in [3.05, 3.63) is 29.7 Å². The zero-order valence-electron chi connectivity index (χ0n) is 8.10. The van der Waals surface area contributed by atoms with Gasteiger partial charge in [0.05, 0.1) is 18.9 Å². The first-order chi connectivity index (χ1) is 7.27. The normalized spacial score (nSPS) is 10.8. The van der Waals surface area contributed by atoms with Gasteiger partial charge in [0.2, 0.25) is 0 Å². The summed E-state index contributed by atoms with van der Waals surface area (Å²) in [7, 11) is 1.30. The zero-order valence-corrected chi connectivity index (χ0v) is 8.91. The smallest absolute Gasteiger partial charge is 0.334 e. The maximum Gasteiger partial charge on any atom is 0.334 e. The van der Waals surface area contributed by atoms with Crippen LogP contribution in [0.2, 0.25) is 0 Å². The quantitative estimate of drug-likeness (QED) is 0.444. The predicted octanol–water partition coefficient (Wildman–Crippen LogP) is 2.05. The van der Waals surface area contributed by atoms with E-state index in [1.165, 1.54) is 13.4 Å². The Bertz CT molecular complexity index is 389. The number of ether oxygens (including phenoxy) is 1. The number of methoxy groups -OCH3 is 1. The molecule has 78 valence electrons. The predicted molar refractivity (Wildman–Crippen MR) is 56.8 cm³/mol. The Labute approximate surface area is 91.5 Å². The van der Waals surface area contributed by atoms with Gasteiger partial charge >= 0.3 is 5.97 Å². The Kier molecular flexibility index (Phi) is 4.51. The maximum absolute atomic E-state index is 11.3. The van der Waals surface area contributed by atoms with Crippen molar-refractivity contribution < 1.29 is 13.9 Å². The molecule has 1 rings (SSSR count). The zero-order chi connectivity index (χ0) is 11.1. The lowest BCUT2D eigenvalue weighted by atomic mass is 10.2. The monoisotopic (exact) mass is 223 g/mol. The second kappa shape index (κ2) is 5.94. The van der Waals surface area contributed by atoms with Gasteiger partial charge < -0.3 is 9.15 Å². The Morgan fingerprint density at radius 2 is 2.60 bits per heavy atom. The molecule has 0 fully saturated rings. The van der Waals surface area contributed by atoms with E-state index in [2.05, 4.69) is 4.74 Å². The minimum absolute atomic E-state index is 0.282. The van der Waals surface area contributed by atoms with Crippen molar-refractivity contribution in [2.75, 3.05) is 12.9 Å². The molecule has 15 heavy (non-hydrogen) atoms. The fraction of sp³-hybridized carbons (Fsp3) is 0.200. The highest BCUT2D eigenvalue weighted by Gasteiger charge is 2.10. The van der Waals surface area contributed by atoms with Gasteiger partial charge in [-0.3, -0.25) is 0 Å². The number of esters is 1. The summed E-state index contributed by atoms with van der Waals surface area (Å²) in [4.78, 5) is 11.3. The Morgan fingerprint density at radius 3 is 3.13 bits per heavy atom. The number of nitrogens with zero attached hydrogens (tertiary/aromatic N) is 1. The summed E-state index contributed by atoms with van der Waals surface area (Å²) in [5.74, 6) is 0.396. The summed E-state index contributed by atoms with van der Waals surface area (Å²) in [6, 6.07) is 3.44. The highest BCUT2D eigenvalue weighted by Crippen LogP contribution is 2.13. The van der Waals surface area contributed by atoms with Crippen LogP contribution in [0.25, 0.3) is 6.08 Å². The van der Waals surface area contributed by atoms with Crippen LogP contribution in [-0.2, 0) is 9.53 Å². The lowest BCUT2D eigenvalue weighted by molar-refractivity contribution is -0.135. The van der Waals surface area contributed by atoms with Gasteiger partial charge in [-0.2, -0.15) is 5.26 Å². The van der Waals surface area contributed by atoms with Gasteiger partial charge in [0.1, 0.15) is 11.2 Å². The molecule has 0 saturated heterocycles. The molecule has 1 aromatic rings. The van der Waals surface area contributed by atoms with E-state index in [4.69, 9.17) is 9.68 Å². The lowest BCUT2D eigenvalue weighted by Crippen LogP contribution is -2.06. The first kappa shape index (κ1) is 11.4. The minimum Gasteiger partial charge on any atom is -0.466 e. The first-order valence-corrected chi connectivity index (χ1v) is 5.09. The van der Waals surface area contributed by atoms with E-state index in [0.717, 1.165) is 11.8 Å². The Morgan fingerprint density at radius 1 is 1.80 bits per heavy atom. The number of rotatable bonds is 4. The summed E-state index contributed by atoms with van der Waals surface area (Å²) in [5.41, 5.74) is 0.402. The standard InChI is InChI=1S/C10H9NO3S/c1-13-10(12)8(6-15-7-11)5-9-3-2-4-14-9/h2-5H,6H2,1H3/b8-5+. The molecule has 0 spiro atoms. The molecule has 0 aliphatic rings. The summed E-state index contributed by atoms with van der Waals surface area (Å²) in [5, 5.41) is 10.3. The molecule has 0 amide bonds. The molecule has 0 aliphatic carbocycles. The number of furan rings is 1. The molecule has 5 heteroatoms. The van der Waals surface area contributed by atoms with Crippen LogP contribution in [0.1, 0.15) is 5.76 Å². The second-order valence-electron chi connectivity index (χ2n) is 2.56. The average Bonchev–Trinajstić information content (AvgIpc) is 2.75. The molecular formula is C10H9NO3S. The van der Waals surface area contributed by atoms with Gasteiger partial charge in [-0.15, -0.1) is 0 Å². The third-order valence-electron chi connectivity index (χ3n) is 1.60. The van der Waals surface area contributed by atoms with Gasteiger partial charge in [0, 0.05) is 5.75 Å². The van der Waals surface area contributed by atoms with Crippen molar-refractivity contribution in [2.24, 2.45) is 0 Å². The molecule has 0 bridgehead atoms. The molecule has 0 N–H and O–H groups in total. The number of carbonyl (C=O) groups is 1. The third-order valence-corrected chi connectivity index (χ3v) is 2.18. The van der Waals surface area contributed by atoms with Crippen molar-refractivity contribution in [3.8, 4) is 5.40 Å². The average molecular weight is 223 g/mol.